The molecule has 1 fully saturated rings. The van der Waals surface area contributed by atoms with E-state index in [9.17, 15) is 14.0 Å². The molecule has 1 aromatic heterocycles. The normalized spacial score (nSPS) is 13.2. The van der Waals surface area contributed by atoms with Crippen molar-refractivity contribution in [2.75, 3.05) is 32.1 Å². The van der Waals surface area contributed by atoms with Gasteiger partial charge in [0.15, 0.2) is 5.13 Å². The van der Waals surface area contributed by atoms with Crippen LogP contribution in [0, 0.1) is 5.82 Å². The van der Waals surface area contributed by atoms with Gasteiger partial charge in [0.05, 0.1) is 6.61 Å². The number of benzene rings is 1. The Hall–Kier alpha value is -2.52. The predicted octanol–water partition coefficient (Wildman–Crippen LogP) is 2.78. The minimum absolute atomic E-state index is 0.104. The van der Waals surface area contributed by atoms with E-state index in [-0.39, 0.29) is 30.1 Å². The molecule has 1 aromatic carbocycles. The maximum absolute atomic E-state index is 13.0. The molecule has 2 amide bonds. The van der Waals surface area contributed by atoms with Crippen molar-refractivity contribution in [3.05, 3.63) is 41.2 Å². The molecule has 1 saturated carbocycles. The van der Waals surface area contributed by atoms with Gasteiger partial charge < -0.3 is 20.3 Å². The summed E-state index contributed by atoms with van der Waals surface area (Å²) in [6.45, 7) is 1.28. The first kappa shape index (κ1) is 20.2. The van der Waals surface area contributed by atoms with Gasteiger partial charge in [-0.25, -0.2) is 9.37 Å². The van der Waals surface area contributed by atoms with Crippen molar-refractivity contribution in [1.82, 2.24) is 15.2 Å². The average Bonchev–Trinajstić information content (AvgIpc) is 3.41. The lowest BCUT2D eigenvalue weighted by Crippen LogP contribution is -2.37. The third-order valence-corrected chi connectivity index (χ3v) is 5.03. The molecule has 150 valence electrons. The summed E-state index contributed by atoms with van der Waals surface area (Å²) >= 11 is 1.31. The fourth-order valence-electron chi connectivity index (χ4n) is 2.67. The first-order valence-corrected chi connectivity index (χ1v) is 9.99. The molecule has 0 aliphatic heterocycles. The summed E-state index contributed by atoms with van der Waals surface area (Å²) in [5.41, 5.74) is 1.04. The van der Waals surface area contributed by atoms with Gasteiger partial charge in [0.25, 0.3) is 5.91 Å². The molecule has 1 aliphatic carbocycles. The molecule has 0 unspecified atom stereocenters. The summed E-state index contributed by atoms with van der Waals surface area (Å²) in [5.74, 6) is -0.588. The number of nitrogens with zero attached hydrogens (tertiary/aromatic N) is 2. The number of amides is 2. The quantitative estimate of drug-likeness (QED) is 0.593. The van der Waals surface area contributed by atoms with Crippen molar-refractivity contribution in [2.24, 2.45) is 0 Å². The van der Waals surface area contributed by atoms with Gasteiger partial charge in [0.1, 0.15) is 11.5 Å². The van der Waals surface area contributed by atoms with Crippen LogP contribution in [-0.2, 0) is 9.53 Å². The van der Waals surface area contributed by atoms with Crippen LogP contribution in [0.15, 0.2) is 29.6 Å². The van der Waals surface area contributed by atoms with E-state index in [4.69, 9.17) is 4.74 Å². The Morgan fingerprint density at radius 1 is 1.32 bits per heavy atom. The van der Waals surface area contributed by atoms with Crippen LogP contribution in [0.2, 0.25) is 0 Å². The summed E-state index contributed by atoms with van der Waals surface area (Å²) in [7, 11) is 1.58. The van der Waals surface area contributed by atoms with Crippen LogP contribution in [-0.4, -0.2) is 54.5 Å². The van der Waals surface area contributed by atoms with Gasteiger partial charge in [-0.15, -0.1) is 11.3 Å². The molecule has 3 rings (SSSR count). The number of halogens is 1. The molecular formula is C19H23FN4O3S. The molecule has 28 heavy (non-hydrogen) atoms. The summed E-state index contributed by atoms with van der Waals surface area (Å²) in [4.78, 5) is 30.8. The topological polar surface area (TPSA) is 83.6 Å². The van der Waals surface area contributed by atoms with Crippen LogP contribution in [0.3, 0.4) is 0 Å². The number of carbonyl (C=O) groups excluding carboxylic acids is 2. The molecule has 2 N–H and O–H groups in total. The molecule has 0 radical (unpaired) electrons. The number of nitrogens with one attached hydrogen (secondary N) is 2. The van der Waals surface area contributed by atoms with Crippen LogP contribution in [0.25, 0.3) is 0 Å². The highest BCUT2D eigenvalue weighted by molar-refractivity contribution is 7.14. The minimum atomic E-state index is -0.313. The van der Waals surface area contributed by atoms with Crippen LogP contribution < -0.4 is 10.6 Å². The summed E-state index contributed by atoms with van der Waals surface area (Å²) in [6.07, 6.45) is 2.14. The monoisotopic (exact) mass is 406 g/mol. The van der Waals surface area contributed by atoms with E-state index in [2.05, 4.69) is 15.6 Å². The van der Waals surface area contributed by atoms with E-state index < -0.39 is 0 Å². The molecule has 0 bridgehead atoms. The van der Waals surface area contributed by atoms with Crippen LogP contribution >= 0.6 is 11.3 Å². The molecule has 1 aliphatic rings. The van der Waals surface area contributed by atoms with E-state index in [1.807, 2.05) is 0 Å². The lowest BCUT2D eigenvalue weighted by molar-refractivity contribution is -0.121. The molecule has 7 nitrogen and oxygen atoms in total. The number of carbonyl (C=O) groups is 2. The van der Waals surface area contributed by atoms with E-state index >= 15 is 0 Å². The summed E-state index contributed by atoms with van der Waals surface area (Å²) in [5, 5.41) is 8.08. The molecule has 0 saturated heterocycles. The van der Waals surface area contributed by atoms with Gasteiger partial charge in [-0.2, -0.15) is 0 Å². The largest absolute Gasteiger partial charge is 0.383 e. The number of hydrogen-bond donors (Lipinski definition) is 2. The molecule has 0 spiro atoms. The standard InChI is InChI=1S/C19H23FN4O3S/c1-27-11-9-21-17(25)8-10-24(15-6-7-15)18(26)16-12-28-19(23-16)22-14-4-2-13(20)3-5-14/h2-5,12,15H,6-11H2,1H3,(H,21,25)(H,22,23). The first-order chi connectivity index (χ1) is 13.6. The van der Waals surface area contributed by atoms with Crippen molar-refractivity contribution in [3.63, 3.8) is 0 Å². The Bertz CT molecular complexity index is 808. The third kappa shape index (κ3) is 5.74. The number of ether oxygens (including phenoxy) is 1. The molecule has 9 heteroatoms. The van der Waals surface area contributed by atoms with E-state index in [0.29, 0.717) is 36.2 Å². The summed E-state index contributed by atoms with van der Waals surface area (Å²) < 4.78 is 17.9. The van der Waals surface area contributed by atoms with E-state index in [1.54, 1.807) is 29.5 Å². The summed E-state index contributed by atoms with van der Waals surface area (Å²) in [6, 6.07) is 6.10. The fourth-order valence-corrected chi connectivity index (χ4v) is 3.38. The van der Waals surface area contributed by atoms with Crippen molar-refractivity contribution >= 4 is 34.0 Å². The number of rotatable bonds is 10. The number of aromatic nitrogens is 1. The van der Waals surface area contributed by atoms with E-state index in [1.165, 1.54) is 23.5 Å². The highest BCUT2D eigenvalue weighted by Gasteiger charge is 2.34. The van der Waals surface area contributed by atoms with Gasteiger partial charge in [-0.1, -0.05) is 0 Å². The smallest absolute Gasteiger partial charge is 0.273 e. The second-order valence-corrected chi connectivity index (χ2v) is 7.35. The zero-order valence-corrected chi connectivity index (χ0v) is 16.4. The number of hydrogen-bond acceptors (Lipinski definition) is 6. The molecular weight excluding hydrogens is 383 g/mol. The van der Waals surface area contributed by atoms with E-state index in [0.717, 1.165) is 12.8 Å². The zero-order chi connectivity index (χ0) is 19.9. The highest BCUT2D eigenvalue weighted by atomic mass is 32.1. The Kier molecular flexibility index (Phi) is 6.94. The maximum atomic E-state index is 13.0. The molecule has 2 aromatic rings. The van der Waals surface area contributed by atoms with Crippen molar-refractivity contribution < 1.29 is 18.7 Å². The lowest BCUT2D eigenvalue weighted by atomic mass is 10.3. The van der Waals surface area contributed by atoms with Crippen LogP contribution in [0.4, 0.5) is 15.2 Å². The van der Waals surface area contributed by atoms with Gasteiger partial charge in [-0.3, -0.25) is 9.59 Å². The Balaban J connectivity index is 1.57. The molecule has 0 atom stereocenters. The van der Waals surface area contributed by atoms with Crippen LogP contribution in [0.5, 0.6) is 0 Å². The molecule has 1 heterocycles. The number of thiazole rings is 1. The van der Waals surface area contributed by atoms with Gasteiger partial charge in [0, 0.05) is 43.7 Å². The maximum Gasteiger partial charge on any atom is 0.273 e. The average molecular weight is 406 g/mol. The first-order valence-electron chi connectivity index (χ1n) is 9.11. The highest BCUT2D eigenvalue weighted by Crippen LogP contribution is 2.29. The van der Waals surface area contributed by atoms with Crippen LogP contribution in [0.1, 0.15) is 29.8 Å². The van der Waals surface area contributed by atoms with Gasteiger partial charge >= 0.3 is 0 Å². The van der Waals surface area contributed by atoms with Gasteiger partial charge in [-0.05, 0) is 37.1 Å². The van der Waals surface area contributed by atoms with Crippen molar-refractivity contribution in [1.29, 1.82) is 0 Å². The van der Waals surface area contributed by atoms with Gasteiger partial charge in [0.2, 0.25) is 5.91 Å². The predicted molar refractivity (Wildman–Crippen MR) is 105 cm³/mol. The number of anilines is 2. The fraction of sp³-hybridized carbons (Fsp3) is 0.421. The van der Waals surface area contributed by atoms with Crippen molar-refractivity contribution in [3.8, 4) is 0 Å². The SMILES string of the molecule is COCCNC(=O)CCN(C(=O)c1csc(Nc2ccc(F)cc2)n1)C1CC1. The zero-order valence-electron chi connectivity index (χ0n) is 15.6. The lowest BCUT2D eigenvalue weighted by Gasteiger charge is -2.21. The third-order valence-electron chi connectivity index (χ3n) is 4.28. The second kappa shape index (κ2) is 9.61. The second-order valence-electron chi connectivity index (χ2n) is 6.49. The minimum Gasteiger partial charge on any atom is -0.383 e. The Morgan fingerprint density at radius 3 is 2.75 bits per heavy atom. The Morgan fingerprint density at radius 2 is 2.07 bits per heavy atom. The van der Waals surface area contributed by atoms with Crippen molar-refractivity contribution in [2.45, 2.75) is 25.3 Å². The Labute approximate surface area is 166 Å². The number of methoxy groups -OCH3 is 1.